The molecule has 2 unspecified atom stereocenters. The molecule has 134 valence electrons. The van der Waals surface area contributed by atoms with Gasteiger partial charge in [0.15, 0.2) is 0 Å². The molecule has 0 bridgehead atoms. The molecule has 3 rings (SSSR count). The summed E-state index contributed by atoms with van der Waals surface area (Å²) in [5, 5.41) is 4.66. The topological polar surface area (TPSA) is 73.3 Å². The van der Waals surface area contributed by atoms with E-state index in [0.29, 0.717) is 16.6 Å². The van der Waals surface area contributed by atoms with Crippen LogP contribution in [-0.4, -0.2) is 19.3 Å². The fraction of sp³-hybridized carbons (Fsp3) is 0.368. The van der Waals surface area contributed by atoms with Crippen molar-refractivity contribution < 1.29 is 4.74 Å². The van der Waals surface area contributed by atoms with Gasteiger partial charge in [-0.15, -0.1) is 0 Å². The molecular weight excluding hydrogens is 357 g/mol. The summed E-state index contributed by atoms with van der Waals surface area (Å²) in [5.74, 6) is 0. The fourth-order valence-electron chi connectivity index (χ4n) is 3.12. The van der Waals surface area contributed by atoms with E-state index < -0.39 is 0 Å². The molecule has 25 heavy (non-hydrogen) atoms. The van der Waals surface area contributed by atoms with Gasteiger partial charge in [-0.05, 0) is 53.8 Å². The first-order valence-electron chi connectivity index (χ1n) is 8.45. The molecule has 5 N–H and O–H groups in total. The van der Waals surface area contributed by atoms with Gasteiger partial charge >= 0.3 is 0 Å². The highest BCUT2D eigenvalue weighted by Gasteiger charge is 2.20. The number of benzene rings is 2. The van der Waals surface area contributed by atoms with Crippen LogP contribution in [-0.2, 0) is 4.74 Å². The minimum atomic E-state index is -0.365. The van der Waals surface area contributed by atoms with Crippen molar-refractivity contribution in [3.8, 4) is 0 Å². The number of hydrogen-bond donors (Lipinski definition) is 3. The van der Waals surface area contributed by atoms with E-state index in [0.717, 1.165) is 36.1 Å². The van der Waals surface area contributed by atoms with Crippen molar-refractivity contribution >= 4 is 23.2 Å². The van der Waals surface area contributed by atoms with E-state index in [1.165, 1.54) is 0 Å². The van der Waals surface area contributed by atoms with Gasteiger partial charge in [-0.25, -0.2) is 0 Å². The third-order valence-electron chi connectivity index (χ3n) is 4.54. The summed E-state index contributed by atoms with van der Waals surface area (Å²) in [6.45, 7) is 1.54. The largest absolute Gasteiger partial charge is 0.377 e. The third-order valence-corrected chi connectivity index (χ3v) is 5.02. The van der Waals surface area contributed by atoms with E-state index >= 15 is 0 Å². The SMILES string of the molecule is NC(NC[C@H]1CCCO1)c1cc(Cl)ccc1C(N)c1ccc(Cl)cc1. The lowest BCUT2D eigenvalue weighted by Gasteiger charge is -2.23. The van der Waals surface area contributed by atoms with Gasteiger partial charge < -0.3 is 16.2 Å². The van der Waals surface area contributed by atoms with E-state index in [4.69, 9.17) is 39.4 Å². The van der Waals surface area contributed by atoms with E-state index in [9.17, 15) is 0 Å². The molecule has 0 aromatic heterocycles. The van der Waals surface area contributed by atoms with Crippen molar-refractivity contribution in [3.63, 3.8) is 0 Å². The zero-order valence-electron chi connectivity index (χ0n) is 13.9. The summed E-state index contributed by atoms with van der Waals surface area (Å²) in [4.78, 5) is 0. The number of hydrogen-bond acceptors (Lipinski definition) is 4. The molecule has 1 fully saturated rings. The quantitative estimate of drug-likeness (QED) is 0.667. The number of ether oxygens (including phenoxy) is 1. The Morgan fingerprint density at radius 2 is 1.76 bits per heavy atom. The number of nitrogens with two attached hydrogens (primary N) is 2. The Labute approximate surface area is 158 Å². The van der Waals surface area contributed by atoms with Crippen molar-refractivity contribution in [2.75, 3.05) is 13.2 Å². The van der Waals surface area contributed by atoms with Crippen LogP contribution >= 0.6 is 23.2 Å². The van der Waals surface area contributed by atoms with Crippen molar-refractivity contribution in [2.45, 2.75) is 31.2 Å². The van der Waals surface area contributed by atoms with Gasteiger partial charge in [-0.1, -0.05) is 41.4 Å². The summed E-state index contributed by atoms with van der Waals surface area (Å²) < 4.78 is 5.64. The Morgan fingerprint density at radius 3 is 2.44 bits per heavy atom. The minimum Gasteiger partial charge on any atom is -0.377 e. The van der Waals surface area contributed by atoms with Crippen molar-refractivity contribution in [3.05, 3.63) is 69.2 Å². The Bertz CT molecular complexity index is 702. The molecule has 0 saturated carbocycles. The number of rotatable bonds is 6. The monoisotopic (exact) mass is 379 g/mol. The lowest BCUT2D eigenvalue weighted by atomic mass is 9.94. The number of nitrogens with one attached hydrogen (secondary N) is 1. The van der Waals surface area contributed by atoms with E-state index in [-0.39, 0.29) is 18.3 Å². The normalized spacial score (nSPS) is 19.8. The number of halogens is 2. The molecule has 3 atom stereocenters. The second-order valence-electron chi connectivity index (χ2n) is 6.32. The van der Waals surface area contributed by atoms with Gasteiger partial charge in [0, 0.05) is 23.2 Å². The molecule has 1 aliphatic rings. The maximum Gasteiger partial charge on any atom is 0.0814 e. The van der Waals surface area contributed by atoms with Crippen molar-refractivity contribution in [1.29, 1.82) is 0 Å². The van der Waals surface area contributed by atoms with Gasteiger partial charge in [0.05, 0.1) is 18.3 Å². The van der Waals surface area contributed by atoms with Crippen LogP contribution < -0.4 is 16.8 Å². The van der Waals surface area contributed by atoms with Gasteiger partial charge in [-0.2, -0.15) is 0 Å². The average molecular weight is 380 g/mol. The van der Waals surface area contributed by atoms with Crippen molar-refractivity contribution in [1.82, 2.24) is 5.32 Å². The van der Waals surface area contributed by atoms with Gasteiger partial charge in [0.1, 0.15) is 0 Å². The summed E-state index contributed by atoms with van der Waals surface area (Å²) in [6.07, 6.45) is 2.02. The zero-order valence-corrected chi connectivity index (χ0v) is 15.4. The Kier molecular flexibility index (Phi) is 6.34. The van der Waals surface area contributed by atoms with Crippen molar-refractivity contribution in [2.24, 2.45) is 11.5 Å². The third kappa shape index (κ3) is 4.73. The molecule has 0 aliphatic carbocycles. The predicted molar refractivity (Wildman–Crippen MR) is 103 cm³/mol. The highest BCUT2D eigenvalue weighted by atomic mass is 35.5. The summed E-state index contributed by atoms with van der Waals surface area (Å²) in [5.41, 5.74) is 15.7. The lowest BCUT2D eigenvalue weighted by Crippen LogP contribution is -2.36. The first-order chi connectivity index (χ1) is 12.0. The second-order valence-corrected chi connectivity index (χ2v) is 7.20. The standard InChI is InChI=1S/C19H23Cl2N3O/c20-13-5-3-12(4-6-13)18(22)16-8-7-14(21)10-17(16)19(23)24-11-15-2-1-9-25-15/h3-8,10,15,18-19,24H,1-2,9,11,22-23H2/t15-,18?,19?/m1/s1. The molecule has 1 saturated heterocycles. The smallest absolute Gasteiger partial charge is 0.0814 e. The first-order valence-corrected chi connectivity index (χ1v) is 9.21. The van der Waals surface area contributed by atoms with Crippen LogP contribution in [0.25, 0.3) is 0 Å². The van der Waals surface area contributed by atoms with Crippen LogP contribution in [0.1, 0.15) is 41.7 Å². The first kappa shape index (κ1) is 18.6. The molecule has 2 aromatic carbocycles. The van der Waals surface area contributed by atoms with Gasteiger partial charge in [-0.3, -0.25) is 5.32 Å². The van der Waals surface area contributed by atoms with Crippen LogP contribution in [0, 0.1) is 0 Å². The molecule has 4 nitrogen and oxygen atoms in total. The zero-order chi connectivity index (χ0) is 17.8. The van der Waals surface area contributed by atoms with Crippen LogP contribution in [0.3, 0.4) is 0 Å². The van der Waals surface area contributed by atoms with Crippen LogP contribution in [0.2, 0.25) is 10.0 Å². The van der Waals surface area contributed by atoms with E-state index in [2.05, 4.69) is 5.32 Å². The maximum absolute atomic E-state index is 6.48. The Balaban J connectivity index is 1.80. The molecular formula is C19H23Cl2N3O. The molecule has 0 spiro atoms. The summed E-state index contributed by atoms with van der Waals surface area (Å²) in [7, 11) is 0. The Hall–Kier alpha value is -1.14. The van der Waals surface area contributed by atoms with E-state index in [1.807, 2.05) is 42.5 Å². The molecule has 6 heteroatoms. The molecule has 2 aromatic rings. The highest BCUT2D eigenvalue weighted by molar-refractivity contribution is 6.30. The maximum atomic E-state index is 6.48. The summed E-state index contributed by atoms with van der Waals surface area (Å²) in [6, 6.07) is 12.9. The van der Waals surface area contributed by atoms with Gasteiger partial charge in [0.25, 0.3) is 0 Å². The van der Waals surface area contributed by atoms with Crippen LogP contribution in [0.4, 0.5) is 0 Å². The molecule has 1 heterocycles. The van der Waals surface area contributed by atoms with E-state index in [1.54, 1.807) is 0 Å². The van der Waals surface area contributed by atoms with Crippen LogP contribution in [0.5, 0.6) is 0 Å². The predicted octanol–water partition coefficient (Wildman–Crippen LogP) is 3.77. The Morgan fingerprint density at radius 1 is 1.04 bits per heavy atom. The van der Waals surface area contributed by atoms with Gasteiger partial charge in [0.2, 0.25) is 0 Å². The molecule has 1 aliphatic heterocycles. The van der Waals surface area contributed by atoms with Crippen LogP contribution in [0.15, 0.2) is 42.5 Å². The summed E-state index contributed by atoms with van der Waals surface area (Å²) >= 11 is 12.2. The average Bonchev–Trinajstić information content (AvgIpc) is 3.13. The molecule has 0 amide bonds. The second kappa shape index (κ2) is 8.49. The lowest BCUT2D eigenvalue weighted by molar-refractivity contribution is 0.107. The highest BCUT2D eigenvalue weighted by Crippen LogP contribution is 2.29. The minimum absolute atomic E-state index is 0.221. The molecule has 0 radical (unpaired) electrons. The fourth-order valence-corrected chi connectivity index (χ4v) is 3.43.